The van der Waals surface area contributed by atoms with Gasteiger partial charge in [-0.05, 0) is 55.9 Å². The van der Waals surface area contributed by atoms with Gasteiger partial charge in [0.05, 0.1) is 7.11 Å². The molecule has 3 fully saturated rings. The molecule has 3 aliphatic rings. The van der Waals surface area contributed by atoms with Crippen LogP contribution in [0.4, 0.5) is 4.79 Å². The number of ether oxygens (including phenoxy) is 1. The first kappa shape index (κ1) is 26.5. The number of carbonyl (C=O) groups excluding carboxylic acids is 3. The normalized spacial score (nSPS) is 25.8. The number of urea groups is 1. The minimum absolute atomic E-state index is 0.0489. The van der Waals surface area contributed by atoms with E-state index in [1.165, 1.54) is 0 Å². The van der Waals surface area contributed by atoms with E-state index in [4.69, 9.17) is 4.74 Å². The van der Waals surface area contributed by atoms with Crippen molar-refractivity contribution >= 4 is 17.8 Å². The summed E-state index contributed by atoms with van der Waals surface area (Å²) in [7, 11) is 1.69. The molecule has 198 valence electrons. The molecular weight excluding hydrogens is 456 g/mol. The van der Waals surface area contributed by atoms with E-state index in [1.54, 1.807) is 7.11 Å². The molecule has 0 unspecified atom stereocenters. The van der Waals surface area contributed by atoms with Crippen LogP contribution in [0.15, 0.2) is 24.3 Å². The van der Waals surface area contributed by atoms with Gasteiger partial charge in [-0.15, -0.1) is 0 Å². The van der Waals surface area contributed by atoms with Crippen molar-refractivity contribution in [2.45, 2.75) is 83.8 Å². The Morgan fingerprint density at radius 2 is 1.81 bits per heavy atom. The average Bonchev–Trinajstić information content (AvgIpc) is 3.09. The summed E-state index contributed by atoms with van der Waals surface area (Å²) >= 11 is 0. The third kappa shape index (κ3) is 5.53. The molecule has 0 radical (unpaired) electrons. The number of benzene rings is 1. The van der Waals surface area contributed by atoms with Crippen molar-refractivity contribution in [3.63, 3.8) is 0 Å². The summed E-state index contributed by atoms with van der Waals surface area (Å²) in [6.45, 7) is 9.10. The maximum atomic E-state index is 13.3. The highest BCUT2D eigenvalue weighted by molar-refractivity contribution is 6.09. The van der Waals surface area contributed by atoms with Gasteiger partial charge >= 0.3 is 6.03 Å². The van der Waals surface area contributed by atoms with Crippen LogP contribution in [0.2, 0.25) is 0 Å². The van der Waals surface area contributed by atoms with E-state index < -0.39 is 11.6 Å². The standard InChI is InChI=1S/C28H42N4O4/c1-5-27(2,3)21-10-14-28(15-11-21)25(34)32(26(35)30-28)19-24(33)29-22-12-16-31(17-13-22)18-20-8-6-7-9-23(20)36-4/h6-9,21-22H,5,10-19H2,1-4H3,(H,29,33)(H,30,35). The Kier molecular flexibility index (Phi) is 7.93. The van der Waals surface area contributed by atoms with E-state index in [9.17, 15) is 14.4 Å². The summed E-state index contributed by atoms with van der Waals surface area (Å²) in [6, 6.07) is 7.65. The van der Waals surface area contributed by atoms with Gasteiger partial charge in [-0.2, -0.15) is 0 Å². The fraction of sp³-hybridized carbons (Fsp3) is 0.679. The molecular formula is C28H42N4O4. The van der Waals surface area contributed by atoms with Gasteiger partial charge in [0.1, 0.15) is 17.8 Å². The van der Waals surface area contributed by atoms with Crippen LogP contribution in [0, 0.1) is 11.3 Å². The highest BCUT2D eigenvalue weighted by atomic mass is 16.5. The third-order valence-corrected chi connectivity index (χ3v) is 8.94. The van der Waals surface area contributed by atoms with E-state index >= 15 is 0 Å². The number of methoxy groups -OCH3 is 1. The Labute approximate surface area is 215 Å². The highest BCUT2D eigenvalue weighted by Gasteiger charge is 2.53. The van der Waals surface area contributed by atoms with Crippen LogP contribution >= 0.6 is 0 Å². The van der Waals surface area contributed by atoms with Gasteiger partial charge in [0.25, 0.3) is 5.91 Å². The molecule has 8 nitrogen and oxygen atoms in total. The number of hydrogen-bond acceptors (Lipinski definition) is 5. The van der Waals surface area contributed by atoms with Gasteiger partial charge in [0.15, 0.2) is 0 Å². The first-order chi connectivity index (χ1) is 17.2. The number of nitrogens with zero attached hydrogens (tertiary/aromatic N) is 2. The van der Waals surface area contributed by atoms with Crippen molar-refractivity contribution in [1.82, 2.24) is 20.4 Å². The molecule has 4 rings (SSSR count). The van der Waals surface area contributed by atoms with Crippen LogP contribution in [-0.2, 0) is 16.1 Å². The lowest BCUT2D eigenvalue weighted by Crippen LogP contribution is -2.51. The minimum Gasteiger partial charge on any atom is -0.496 e. The molecule has 1 saturated carbocycles. The van der Waals surface area contributed by atoms with Crippen LogP contribution in [0.3, 0.4) is 0 Å². The van der Waals surface area contributed by atoms with Crippen LogP contribution in [-0.4, -0.2) is 66.0 Å². The molecule has 0 aromatic heterocycles. The predicted octanol–water partition coefficient (Wildman–Crippen LogP) is 3.69. The lowest BCUT2D eigenvalue weighted by Gasteiger charge is -2.42. The minimum atomic E-state index is -0.832. The van der Waals surface area contributed by atoms with E-state index in [1.807, 2.05) is 18.2 Å². The average molecular weight is 499 g/mol. The molecule has 2 heterocycles. The second kappa shape index (κ2) is 10.8. The van der Waals surface area contributed by atoms with Crippen LogP contribution < -0.4 is 15.4 Å². The molecule has 1 aromatic carbocycles. The molecule has 4 amide bonds. The summed E-state index contributed by atoms with van der Waals surface area (Å²) in [5, 5.41) is 6.00. The number of likely N-dealkylation sites (tertiary alicyclic amines) is 1. The molecule has 2 saturated heterocycles. The molecule has 1 spiro atoms. The first-order valence-electron chi connectivity index (χ1n) is 13.4. The number of imide groups is 1. The Morgan fingerprint density at radius 1 is 1.14 bits per heavy atom. The van der Waals surface area contributed by atoms with Crippen molar-refractivity contribution in [1.29, 1.82) is 0 Å². The van der Waals surface area contributed by atoms with Gasteiger partial charge in [-0.1, -0.05) is 45.4 Å². The van der Waals surface area contributed by atoms with E-state index in [0.29, 0.717) is 18.8 Å². The summed E-state index contributed by atoms with van der Waals surface area (Å²) in [6.07, 6.45) is 5.89. The number of rotatable bonds is 8. The van der Waals surface area contributed by atoms with Crippen LogP contribution in [0.5, 0.6) is 5.75 Å². The summed E-state index contributed by atoms with van der Waals surface area (Å²) in [5.41, 5.74) is 0.555. The SMILES string of the molecule is CCC(C)(C)C1CCC2(CC1)NC(=O)N(CC(=O)NC1CCN(Cc3ccccc3OC)CC1)C2=O. The number of hydrogen-bond donors (Lipinski definition) is 2. The van der Waals surface area contributed by atoms with Gasteiger partial charge in [-0.25, -0.2) is 4.79 Å². The van der Waals surface area contributed by atoms with Crippen LogP contribution in [0.1, 0.15) is 71.3 Å². The largest absolute Gasteiger partial charge is 0.496 e. The molecule has 1 aromatic rings. The molecule has 2 N–H and O–H groups in total. The second-order valence-corrected chi connectivity index (χ2v) is 11.4. The highest BCUT2D eigenvalue weighted by Crippen LogP contribution is 2.45. The molecule has 36 heavy (non-hydrogen) atoms. The van der Waals surface area contributed by atoms with Gasteiger partial charge < -0.3 is 15.4 Å². The lowest BCUT2D eigenvalue weighted by molar-refractivity contribution is -0.136. The fourth-order valence-corrected chi connectivity index (χ4v) is 6.07. The summed E-state index contributed by atoms with van der Waals surface area (Å²) in [5.74, 6) is 0.937. The quantitative estimate of drug-likeness (QED) is 0.534. The molecule has 8 heteroatoms. The monoisotopic (exact) mass is 498 g/mol. The molecule has 0 bridgehead atoms. The zero-order valence-corrected chi connectivity index (χ0v) is 22.3. The Morgan fingerprint density at radius 3 is 2.44 bits per heavy atom. The lowest BCUT2D eigenvalue weighted by atomic mass is 9.65. The van der Waals surface area contributed by atoms with Crippen molar-refractivity contribution in [3.8, 4) is 5.75 Å². The number of piperidine rings is 1. The Hall–Kier alpha value is -2.61. The van der Waals surface area contributed by atoms with Crippen molar-refractivity contribution in [2.75, 3.05) is 26.7 Å². The third-order valence-electron chi connectivity index (χ3n) is 8.94. The van der Waals surface area contributed by atoms with Gasteiger partial charge in [0.2, 0.25) is 5.91 Å². The van der Waals surface area contributed by atoms with Crippen molar-refractivity contribution < 1.29 is 19.1 Å². The number of para-hydroxylation sites is 1. The number of nitrogens with one attached hydrogen (secondary N) is 2. The topological polar surface area (TPSA) is 91.0 Å². The maximum Gasteiger partial charge on any atom is 0.325 e. The summed E-state index contributed by atoms with van der Waals surface area (Å²) in [4.78, 5) is 42.2. The van der Waals surface area contributed by atoms with E-state index in [-0.39, 0.29) is 29.8 Å². The van der Waals surface area contributed by atoms with Crippen LogP contribution in [0.25, 0.3) is 0 Å². The number of amides is 4. The van der Waals surface area contributed by atoms with Crippen molar-refractivity contribution in [3.05, 3.63) is 29.8 Å². The van der Waals surface area contributed by atoms with E-state index in [2.05, 4.69) is 42.4 Å². The smallest absolute Gasteiger partial charge is 0.325 e. The van der Waals surface area contributed by atoms with Gasteiger partial charge in [-0.3, -0.25) is 19.4 Å². The molecule has 0 atom stereocenters. The Bertz CT molecular complexity index is 962. The van der Waals surface area contributed by atoms with E-state index in [0.717, 1.165) is 68.0 Å². The Balaban J connectivity index is 1.25. The zero-order chi connectivity index (χ0) is 25.9. The molecule has 1 aliphatic carbocycles. The zero-order valence-electron chi connectivity index (χ0n) is 22.3. The maximum absolute atomic E-state index is 13.3. The molecule has 2 aliphatic heterocycles. The fourth-order valence-electron chi connectivity index (χ4n) is 6.07. The second-order valence-electron chi connectivity index (χ2n) is 11.4. The van der Waals surface area contributed by atoms with Gasteiger partial charge in [0, 0.05) is 31.2 Å². The first-order valence-corrected chi connectivity index (χ1v) is 13.4. The predicted molar refractivity (Wildman–Crippen MR) is 138 cm³/mol. The van der Waals surface area contributed by atoms with Crippen molar-refractivity contribution in [2.24, 2.45) is 11.3 Å². The summed E-state index contributed by atoms with van der Waals surface area (Å²) < 4.78 is 5.46. The number of carbonyl (C=O) groups is 3.